The lowest BCUT2D eigenvalue weighted by Crippen LogP contribution is -2.11. The lowest BCUT2D eigenvalue weighted by molar-refractivity contribution is 0.590. The smallest absolute Gasteiger partial charge is 0.125 e. The second kappa shape index (κ2) is 4.24. The van der Waals surface area contributed by atoms with Gasteiger partial charge in [-0.25, -0.2) is 0 Å². The number of nitrogens with one attached hydrogen (secondary N) is 2. The molecule has 1 heterocycles. The molecule has 1 aromatic carbocycles. The molecule has 0 aliphatic heterocycles. The maximum absolute atomic E-state index is 3.93. The fraction of sp³-hybridized carbons (Fsp3) is 0.357. The molecule has 2 aromatic rings. The number of benzene rings is 1. The summed E-state index contributed by atoms with van der Waals surface area (Å²) in [6, 6.07) is 8.46. The number of rotatable bonds is 2. The van der Waals surface area contributed by atoms with Crippen molar-refractivity contribution in [3.8, 4) is 0 Å². The zero-order chi connectivity index (χ0) is 12.5. The third-order valence-corrected chi connectivity index (χ3v) is 2.87. The van der Waals surface area contributed by atoms with Crippen LogP contribution in [0.25, 0.3) is 0 Å². The first kappa shape index (κ1) is 11.7. The van der Waals surface area contributed by atoms with Gasteiger partial charge < -0.3 is 5.32 Å². The number of H-pyrrole nitrogens is 1. The fourth-order valence-electron chi connectivity index (χ4n) is 1.69. The second-order valence-corrected chi connectivity index (χ2v) is 5.38. The predicted octanol–water partition coefficient (Wildman–Crippen LogP) is 3.76. The first-order valence-electron chi connectivity index (χ1n) is 5.84. The zero-order valence-corrected chi connectivity index (χ0v) is 10.8. The number of nitrogens with zero attached hydrogens (tertiary/aromatic N) is 1. The molecule has 0 fully saturated rings. The Bertz CT molecular complexity index is 493. The van der Waals surface area contributed by atoms with Crippen LogP contribution < -0.4 is 5.32 Å². The number of hydrogen-bond acceptors (Lipinski definition) is 2. The minimum atomic E-state index is 0.165. The van der Waals surface area contributed by atoms with Crippen molar-refractivity contribution in [3.63, 3.8) is 0 Å². The number of anilines is 2. The van der Waals surface area contributed by atoms with Gasteiger partial charge in [0.1, 0.15) is 5.82 Å². The molecule has 1 aromatic heterocycles. The summed E-state index contributed by atoms with van der Waals surface area (Å²) in [5, 5.41) is 10.2. The lowest BCUT2D eigenvalue weighted by Gasteiger charge is -2.21. The van der Waals surface area contributed by atoms with Crippen molar-refractivity contribution in [3.05, 3.63) is 41.6 Å². The van der Waals surface area contributed by atoms with Crippen LogP contribution in [-0.2, 0) is 5.41 Å². The van der Waals surface area contributed by atoms with Crippen LogP contribution in [0.5, 0.6) is 0 Å². The van der Waals surface area contributed by atoms with Crippen LogP contribution in [0.1, 0.15) is 31.9 Å². The number of aromatic amines is 1. The summed E-state index contributed by atoms with van der Waals surface area (Å²) in [5.41, 5.74) is 3.84. The van der Waals surface area contributed by atoms with E-state index in [4.69, 9.17) is 0 Å². The molecule has 0 atom stereocenters. The van der Waals surface area contributed by atoms with Crippen molar-refractivity contribution in [2.75, 3.05) is 5.32 Å². The molecule has 0 bridgehead atoms. The molecule has 17 heavy (non-hydrogen) atoms. The average Bonchev–Trinajstić information content (AvgIpc) is 2.72. The van der Waals surface area contributed by atoms with Crippen LogP contribution in [0.4, 0.5) is 11.5 Å². The number of hydrogen-bond donors (Lipinski definition) is 2. The van der Waals surface area contributed by atoms with E-state index < -0.39 is 0 Å². The van der Waals surface area contributed by atoms with Gasteiger partial charge in [-0.15, -0.1) is 0 Å². The molecule has 2 N–H and O–H groups in total. The molecule has 2 rings (SSSR count). The van der Waals surface area contributed by atoms with Gasteiger partial charge in [0, 0.05) is 11.8 Å². The van der Waals surface area contributed by atoms with Crippen molar-refractivity contribution < 1.29 is 0 Å². The third kappa shape index (κ3) is 2.67. The van der Waals surface area contributed by atoms with E-state index in [2.05, 4.69) is 61.4 Å². The largest absolute Gasteiger partial charge is 0.340 e. The van der Waals surface area contributed by atoms with Crippen molar-refractivity contribution in [2.24, 2.45) is 0 Å². The van der Waals surface area contributed by atoms with Gasteiger partial charge in [0.25, 0.3) is 0 Å². The van der Waals surface area contributed by atoms with Crippen LogP contribution in [0, 0.1) is 6.92 Å². The normalized spacial score (nSPS) is 11.5. The quantitative estimate of drug-likeness (QED) is 0.823. The Balaban J connectivity index is 2.33. The molecule has 0 radical (unpaired) electrons. The van der Waals surface area contributed by atoms with Gasteiger partial charge >= 0.3 is 0 Å². The standard InChI is InChI=1S/C14H19N3/c1-10-5-6-11(14(2,3)4)9-12(10)16-13-7-8-15-17-13/h5-9H,1-4H3,(H2,15,16,17). The summed E-state index contributed by atoms with van der Waals surface area (Å²) >= 11 is 0. The van der Waals surface area contributed by atoms with Crippen LogP contribution in [0.15, 0.2) is 30.5 Å². The fourth-order valence-corrected chi connectivity index (χ4v) is 1.69. The molecule has 0 aliphatic carbocycles. The molecule has 3 nitrogen and oxygen atoms in total. The zero-order valence-electron chi connectivity index (χ0n) is 10.8. The highest BCUT2D eigenvalue weighted by atomic mass is 15.2. The summed E-state index contributed by atoms with van der Waals surface area (Å²) in [6.45, 7) is 8.76. The van der Waals surface area contributed by atoms with Gasteiger partial charge in [-0.1, -0.05) is 32.9 Å². The van der Waals surface area contributed by atoms with E-state index in [1.807, 2.05) is 6.07 Å². The first-order chi connectivity index (χ1) is 7.97. The van der Waals surface area contributed by atoms with Crippen molar-refractivity contribution >= 4 is 11.5 Å². The molecule has 0 saturated heterocycles. The van der Waals surface area contributed by atoms with E-state index in [-0.39, 0.29) is 5.41 Å². The van der Waals surface area contributed by atoms with Crippen LogP contribution in [-0.4, -0.2) is 10.2 Å². The van der Waals surface area contributed by atoms with Crippen LogP contribution >= 0.6 is 0 Å². The van der Waals surface area contributed by atoms with E-state index in [0.29, 0.717) is 0 Å². The summed E-state index contributed by atoms with van der Waals surface area (Å²) in [7, 11) is 0. The maximum atomic E-state index is 3.93. The molecule has 90 valence electrons. The highest BCUT2D eigenvalue weighted by molar-refractivity contribution is 5.61. The molecule has 0 spiro atoms. The van der Waals surface area contributed by atoms with Gasteiger partial charge in [0.05, 0.1) is 6.20 Å². The van der Waals surface area contributed by atoms with E-state index in [1.165, 1.54) is 11.1 Å². The molecular weight excluding hydrogens is 210 g/mol. The van der Waals surface area contributed by atoms with Gasteiger partial charge in [-0.2, -0.15) is 5.10 Å². The summed E-state index contributed by atoms with van der Waals surface area (Å²) in [6.07, 6.45) is 1.74. The van der Waals surface area contributed by atoms with Crippen molar-refractivity contribution in [2.45, 2.75) is 33.1 Å². The van der Waals surface area contributed by atoms with Gasteiger partial charge in [0.15, 0.2) is 0 Å². The van der Waals surface area contributed by atoms with Crippen LogP contribution in [0.2, 0.25) is 0 Å². The Morgan fingerprint density at radius 2 is 1.94 bits per heavy atom. The van der Waals surface area contributed by atoms with Crippen molar-refractivity contribution in [1.29, 1.82) is 0 Å². The first-order valence-corrected chi connectivity index (χ1v) is 5.84. The van der Waals surface area contributed by atoms with Gasteiger partial charge in [0.2, 0.25) is 0 Å². The Morgan fingerprint density at radius 3 is 2.53 bits per heavy atom. The predicted molar refractivity (Wildman–Crippen MR) is 71.7 cm³/mol. The molecule has 3 heteroatoms. The average molecular weight is 229 g/mol. The molecule has 0 saturated carbocycles. The monoisotopic (exact) mass is 229 g/mol. The molecule has 0 aliphatic rings. The summed E-state index contributed by atoms with van der Waals surface area (Å²) in [4.78, 5) is 0. The van der Waals surface area contributed by atoms with Gasteiger partial charge in [-0.05, 0) is 29.5 Å². The van der Waals surface area contributed by atoms with E-state index in [1.54, 1.807) is 6.20 Å². The highest BCUT2D eigenvalue weighted by Gasteiger charge is 2.14. The Morgan fingerprint density at radius 1 is 1.18 bits per heavy atom. The highest BCUT2D eigenvalue weighted by Crippen LogP contribution is 2.28. The SMILES string of the molecule is Cc1ccc(C(C)(C)C)cc1Nc1ccn[nH]1. The topological polar surface area (TPSA) is 40.7 Å². The van der Waals surface area contributed by atoms with E-state index in [0.717, 1.165) is 11.5 Å². The lowest BCUT2D eigenvalue weighted by atomic mass is 9.86. The Labute approximate surface area is 102 Å². The minimum Gasteiger partial charge on any atom is -0.340 e. The van der Waals surface area contributed by atoms with Crippen molar-refractivity contribution in [1.82, 2.24) is 10.2 Å². The van der Waals surface area contributed by atoms with E-state index in [9.17, 15) is 0 Å². The Kier molecular flexibility index (Phi) is 2.92. The number of aromatic nitrogens is 2. The Hall–Kier alpha value is -1.77. The van der Waals surface area contributed by atoms with Crippen LogP contribution in [0.3, 0.4) is 0 Å². The summed E-state index contributed by atoms with van der Waals surface area (Å²) in [5.74, 6) is 0.916. The van der Waals surface area contributed by atoms with Gasteiger partial charge in [-0.3, -0.25) is 5.10 Å². The summed E-state index contributed by atoms with van der Waals surface area (Å²) < 4.78 is 0. The minimum absolute atomic E-state index is 0.165. The molecule has 0 unspecified atom stereocenters. The molecular formula is C14H19N3. The maximum Gasteiger partial charge on any atom is 0.125 e. The second-order valence-electron chi connectivity index (χ2n) is 5.38. The number of aryl methyl sites for hydroxylation is 1. The van der Waals surface area contributed by atoms with E-state index >= 15 is 0 Å². The molecule has 0 amide bonds. The third-order valence-electron chi connectivity index (χ3n) is 2.87.